The van der Waals surface area contributed by atoms with Crippen molar-refractivity contribution in [1.82, 2.24) is 10.6 Å². The molecule has 1 aliphatic heterocycles. The highest BCUT2D eigenvalue weighted by Gasteiger charge is 2.35. The minimum atomic E-state index is -0.954. The summed E-state index contributed by atoms with van der Waals surface area (Å²) in [7, 11) is 0. The number of hydrogen-bond donors (Lipinski definition) is 3. The average molecular weight is 382 g/mol. The van der Waals surface area contributed by atoms with Crippen LogP contribution in [0.2, 0.25) is 0 Å². The highest BCUT2D eigenvalue weighted by atomic mass is 32.1. The van der Waals surface area contributed by atoms with Crippen molar-refractivity contribution >= 4 is 17.3 Å². The molecule has 1 fully saturated rings. The molecule has 3 atom stereocenters. The number of ether oxygens (including phenoxy) is 1. The molecule has 2 rings (SSSR count). The molecule has 0 amide bonds. The Hall–Kier alpha value is -1.11. The zero-order chi connectivity index (χ0) is 19.2. The molecule has 0 aliphatic carbocycles. The van der Waals surface area contributed by atoms with Gasteiger partial charge in [-0.05, 0) is 54.5 Å². The summed E-state index contributed by atoms with van der Waals surface area (Å²) in [5.74, 6) is 1.21. The summed E-state index contributed by atoms with van der Waals surface area (Å²) in [6, 6.07) is 1.95. The normalized spacial score (nSPS) is 24.2. The quantitative estimate of drug-likeness (QED) is 0.522. The molecule has 0 spiro atoms. The van der Waals surface area contributed by atoms with Crippen LogP contribution in [0.5, 0.6) is 0 Å². The number of aliphatic imine (C=N–C) groups is 1. The van der Waals surface area contributed by atoms with Crippen molar-refractivity contribution in [2.75, 3.05) is 26.2 Å². The van der Waals surface area contributed by atoms with Crippen molar-refractivity contribution in [1.29, 1.82) is 0 Å². The van der Waals surface area contributed by atoms with Gasteiger partial charge >= 0.3 is 0 Å². The number of hydrogen-bond acceptors (Lipinski definition) is 4. The Bertz CT molecular complexity index is 564. The Morgan fingerprint density at radius 3 is 2.73 bits per heavy atom. The molecular weight excluding hydrogens is 346 g/mol. The first-order valence-corrected chi connectivity index (χ1v) is 10.6. The second kappa shape index (κ2) is 9.20. The molecule has 3 N–H and O–H groups in total. The van der Waals surface area contributed by atoms with Crippen LogP contribution >= 0.6 is 11.3 Å². The van der Waals surface area contributed by atoms with E-state index in [0.717, 1.165) is 37.6 Å². The number of nitrogens with one attached hydrogen (secondary N) is 2. The first kappa shape index (κ1) is 21.2. The zero-order valence-electron chi connectivity index (χ0n) is 16.8. The third-order valence-corrected chi connectivity index (χ3v) is 5.55. The molecule has 0 aromatic carbocycles. The van der Waals surface area contributed by atoms with Crippen LogP contribution in [-0.4, -0.2) is 43.4 Å². The number of guanidine groups is 1. The van der Waals surface area contributed by atoms with E-state index in [2.05, 4.69) is 43.3 Å². The summed E-state index contributed by atoms with van der Waals surface area (Å²) >= 11 is 1.59. The van der Waals surface area contributed by atoms with E-state index < -0.39 is 5.60 Å². The van der Waals surface area contributed by atoms with Crippen LogP contribution in [0.3, 0.4) is 0 Å². The van der Waals surface area contributed by atoms with Crippen LogP contribution in [0.4, 0.5) is 0 Å². The molecule has 1 aliphatic rings. The van der Waals surface area contributed by atoms with Gasteiger partial charge in [0, 0.05) is 25.6 Å². The number of nitrogens with zero attached hydrogens (tertiary/aromatic N) is 1. The van der Waals surface area contributed by atoms with Crippen LogP contribution in [-0.2, 0) is 10.3 Å². The number of thiophene rings is 1. The average Bonchev–Trinajstić information content (AvgIpc) is 3.12. The van der Waals surface area contributed by atoms with E-state index in [0.29, 0.717) is 12.5 Å². The van der Waals surface area contributed by atoms with Crippen LogP contribution in [0.25, 0.3) is 0 Å². The molecule has 148 valence electrons. The minimum absolute atomic E-state index is 0.130. The summed E-state index contributed by atoms with van der Waals surface area (Å²) in [4.78, 5) is 4.62. The molecule has 26 heavy (non-hydrogen) atoms. The predicted octanol–water partition coefficient (Wildman–Crippen LogP) is 3.35. The molecular formula is C20H35N3O2S. The van der Waals surface area contributed by atoms with E-state index in [4.69, 9.17) is 4.74 Å². The Kier molecular flexibility index (Phi) is 7.50. The fourth-order valence-electron chi connectivity index (χ4n) is 3.47. The van der Waals surface area contributed by atoms with Gasteiger partial charge in [-0.3, -0.25) is 0 Å². The second-order valence-electron chi connectivity index (χ2n) is 8.42. The fourth-order valence-corrected chi connectivity index (χ4v) is 4.26. The van der Waals surface area contributed by atoms with Gasteiger partial charge in [-0.25, -0.2) is 4.99 Å². The van der Waals surface area contributed by atoms with Crippen LogP contribution in [0.15, 0.2) is 21.8 Å². The lowest BCUT2D eigenvalue weighted by Crippen LogP contribution is -2.47. The lowest BCUT2D eigenvalue weighted by atomic mass is 9.78. The maximum Gasteiger partial charge on any atom is 0.191 e. The lowest BCUT2D eigenvalue weighted by Gasteiger charge is -2.40. The standard InChI is InChI=1S/C20H35N3O2S/c1-6-21-18(23-14-20(5,24)16-9-11-26-13-16)22-12-15-8-7-10-25-17(15)19(2,3)4/h9,11,13,15,17,24H,6-8,10,12,14H2,1-5H3,(H2,21,22,23). The zero-order valence-corrected chi connectivity index (χ0v) is 17.7. The van der Waals surface area contributed by atoms with Crippen molar-refractivity contribution in [2.24, 2.45) is 16.3 Å². The monoisotopic (exact) mass is 381 g/mol. The molecule has 5 nitrogen and oxygen atoms in total. The highest BCUT2D eigenvalue weighted by molar-refractivity contribution is 7.08. The second-order valence-corrected chi connectivity index (χ2v) is 9.20. The summed E-state index contributed by atoms with van der Waals surface area (Å²) < 4.78 is 6.07. The summed E-state index contributed by atoms with van der Waals surface area (Å²) in [5.41, 5.74) is 0.0883. The Balaban J connectivity index is 1.98. The molecule has 3 unspecified atom stereocenters. The van der Waals surface area contributed by atoms with Crippen LogP contribution in [0.1, 0.15) is 53.0 Å². The third-order valence-electron chi connectivity index (χ3n) is 4.86. The number of rotatable bonds is 6. The van der Waals surface area contributed by atoms with Gasteiger partial charge in [0.25, 0.3) is 0 Å². The van der Waals surface area contributed by atoms with Gasteiger partial charge in [0.1, 0.15) is 5.60 Å². The fraction of sp³-hybridized carbons (Fsp3) is 0.750. The third kappa shape index (κ3) is 5.96. The molecule has 1 aromatic heterocycles. The maximum absolute atomic E-state index is 10.7. The molecule has 1 saturated heterocycles. The Morgan fingerprint density at radius 2 is 2.12 bits per heavy atom. The molecule has 0 radical (unpaired) electrons. The largest absolute Gasteiger partial charge is 0.383 e. The lowest BCUT2D eigenvalue weighted by molar-refractivity contribution is -0.0835. The van der Waals surface area contributed by atoms with Gasteiger partial charge < -0.3 is 20.5 Å². The molecule has 6 heteroatoms. The molecule has 1 aromatic rings. The van der Waals surface area contributed by atoms with E-state index in [-0.39, 0.29) is 11.5 Å². The smallest absolute Gasteiger partial charge is 0.191 e. The van der Waals surface area contributed by atoms with Crippen molar-refractivity contribution in [3.05, 3.63) is 22.4 Å². The Labute approximate surface area is 162 Å². The summed E-state index contributed by atoms with van der Waals surface area (Å²) in [6.07, 6.45) is 2.53. The van der Waals surface area contributed by atoms with Gasteiger partial charge in [-0.1, -0.05) is 20.8 Å². The summed E-state index contributed by atoms with van der Waals surface area (Å²) in [6.45, 7) is 13.4. The van der Waals surface area contributed by atoms with Gasteiger partial charge in [-0.2, -0.15) is 11.3 Å². The van der Waals surface area contributed by atoms with E-state index in [1.54, 1.807) is 11.3 Å². The summed E-state index contributed by atoms with van der Waals surface area (Å²) in [5, 5.41) is 21.4. The molecule has 0 saturated carbocycles. The Morgan fingerprint density at radius 1 is 1.35 bits per heavy atom. The van der Waals surface area contributed by atoms with Crippen molar-refractivity contribution < 1.29 is 9.84 Å². The van der Waals surface area contributed by atoms with Crippen molar-refractivity contribution in [3.63, 3.8) is 0 Å². The van der Waals surface area contributed by atoms with Crippen molar-refractivity contribution in [2.45, 2.75) is 59.2 Å². The maximum atomic E-state index is 10.7. The van der Waals surface area contributed by atoms with Gasteiger partial charge in [0.05, 0.1) is 12.6 Å². The van der Waals surface area contributed by atoms with Crippen LogP contribution < -0.4 is 10.6 Å². The van der Waals surface area contributed by atoms with Gasteiger partial charge in [0.2, 0.25) is 0 Å². The highest BCUT2D eigenvalue weighted by Crippen LogP contribution is 2.33. The first-order chi connectivity index (χ1) is 12.2. The number of aliphatic hydroxyl groups is 1. The molecule has 0 bridgehead atoms. The predicted molar refractivity (Wildman–Crippen MR) is 110 cm³/mol. The van der Waals surface area contributed by atoms with Gasteiger partial charge in [0.15, 0.2) is 5.96 Å². The SMILES string of the molecule is CCNC(=NCC(C)(O)c1ccsc1)NCC1CCCOC1C(C)(C)C. The topological polar surface area (TPSA) is 65.9 Å². The van der Waals surface area contributed by atoms with E-state index in [1.165, 1.54) is 6.42 Å². The van der Waals surface area contributed by atoms with E-state index >= 15 is 0 Å². The first-order valence-electron chi connectivity index (χ1n) is 9.63. The van der Waals surface area contributed by atoms with Crippen molar-refractivity contribution in [3.8, 4) is 0 Å². The van der Waals surface area contributed by atoms with E-state index in [9.17, 15) is 5.11 Å². The van der Waals surface area contributed by atoms with Crippen LogP contribution in [0, 0.1) is 11.3 Å². The van der Waals surface area contributed by atoms with Gasteiger partial charge in [-0.15, -0.1) is 0 Å². The molecule has 2 heterocycles. The van der Waals surface area contributed by atoms with E-state index in [1.807, 2.05) is 23.8 Å². The minimum Gasteiger partial charge on any atom is -0.383 e.